The quantitative estimate of drug-likeness (QED) is 0.633. The lowest BCUT2D eigenvalue weighted by Gasteiger charge is -2.17. The summed E-state index contributed by atoms with van der Waals surface area (Å²) in [6, 6.07) is 0. The fourth-order valence-electron chi connectivity index (χ4n) is 0.864. The molecule has 0 saturated carbocycles. The van der Waals surface area contributed by atoms with E-state index < -0.39 is 15.9 Å². The van der Waals surface area contributed by atoms with Gasteiger partial charge in [0.15, 0.2) is 0 Å². The Kier molecular flexibility index (Phi) is 4.74. The van der Waals surface area contributed by atoms with Crippen molar-refractivity contribution in [2.45, 2.75) is 13.0 Å². The van der Waals surface area contributed by atoms with Crippen LogP contribution in [0.1, 0.15) is 6.92 Å². The molecule has 0 saturated heterocycles. The van der Waals surface area contributed by atoms with E-state index in [2.05, 4.69) is 0 Å². The Hall–Kier alpha value is -0.130. The lowest BCUT2D eigenvalue weighted by atomic mass is 10.4. The van der Waals surface area contributed by atoms with Crippen LogP contribution in [0.3, 0.4) is 0 Å². The van der Waals surface area contributed by atoms with Gasteiger partial charge in [0.25, 0.3) is 0 Å². The molecule has 0 rings (SSSR count). The Balaban J connectivity index is 3.65. The van der Waals surface area contributed by atoms with E-state index in [1.165, 1.54) is 6.26 Å². The monoisotopic (exact) mass is 195 g/mol. The maximum atomic E-state index is 10.7. The van der Waals surface area contributed by atoms with Crippen LogP contribution in [0.5, 0.6) is 0 Å². The van der Waals surface area contributed by atoms with Crippen LogP contribution in [0, 0.1) is 0 Å². The summed E-state index contributed by atoms with van der Waals surface area (Å²) in [6.07, 6.45) is 0.804. The summed E-state index contributed by atoms with van der Waals surface area (Å²) in [7, 11) is -1.09. The summed E-state index contributed by atoms with van der Waals surface area (Å²) in [5.74, 6) is 0.149. The number of hydrogen-bond acceptors (Lipinski definition) is 4. The van der Waals surface area contributed by atoms with Gasteiger partial charge in [0.05, 0.1) is 11.9 Å². The van der Waals surface area contributed by atoms with E-state index in [1.54, 1.807) is 18.9 Å². The van der Waals surface area contributed by atoms with Crippen LogP contribution in [0.15, 0.2) is 0 Å². The predicted octanol–water partition coefficient (Wildman–Crippen LogP) is -0.656. The zero-order chi connectivity index (χ0) is 9.78. The maximum absolute atomic E-state index is 10.7. The third kappa shape index (κ3) is 7.97. The van der Waals surface area contributed by atoms with Crippen LogP contribution in [-0.2, 0) is 9.84 Å². The standard InChI is InChI=1S/C7H17NO3S/c1-7(9)6-8(2)4-5-12(3,10)11/h7,9H,4-6H2,1-3H3/t7-/m0/s1. The van der Waals surface area contributed by atoms with Crippen LogP contribution < -0.4 is 0 Å². The minimum absolute atomic E-state index is 0.149. The van der Waals surface area contributed by atoms with Gasteiger partial charge in [-0.1, -0.05) is 0 Å². The predicted molar refractivity (Wildman–Crippen MR) is 48.9 cm³/mol. The average Bonchev–Trinajstić information content (AvgIpc) is 1.80. The molecule has 74 valence electrons. The number of rotatable bonds is 5. The van der Waals surface area contributed by atoms with Crippen LogP contribution in [0.25, 0.3) is 0 Å². The van der Waals surface area contributed by atoms with Gasteiger partial charge in [-0.3, -0.25) is 0 Å². The van der Waals surface area contributed by atoms with Crippen molar-refractivity contribution in [3.63, 3.8) is 0 Å². The van der Waals surface area contributed by atoms with Gasteiger partial charge < -0.3 is 10.0 Å². The molecule has 0 amide bonds. The molecule has 5 heteroatoms. The number of hydrogen-bond donors (Lipinski definition) is 1. The van der Waals surface area contributed by atoms with E-state index in [1.807, 2.05) is 0 Å². The van der Waals surface area contributed by atoms with Crippen molar-refractivity contribution in [3.05, 3.63) is 0 Å². The van der Waals surface area contributed by atoms with Gasteiger partial charge in [-0.2, -0.15) is 0 Å². The Bertz CT molecular complexity index is 211. The summed E-state index contributed by atoms with van der Waals surface area (Å²) in [4.78, 5) is 1.80. The second-order valence-electron chi connectivity index (χ2n) is 3.24. The molecule has 0 radical (unpaired) electrons. The van der Waals surface area contributed by atoms with Crippen LogP contribution in [-0.4, -0.2) is 56.7 Å². The first-order chi connectivity index (χ1) is 5.31. The van der Waals surface area contributed by atoms with Gasteiger partial charge in [0.1, 0.15) is 9.84 Å². The van der Waals surface area contributed by atoms with Gasteiger partial charge in [-0.15, -0.1) is 0 Å². The molecular formula is C7H17NO3S. The summed E-state index contributed by atoms with van der Waals surface area (Å²) in [5.41, 5.74) is 0. The zero-order valence-electron chi connectivity index (χ0n) is 7.82. The van der Waals surface area contributed by atoms with E-state index >= 15 is 0 Å². The number of sulfone groups is 1. The lowest BCUT2D eigenvalue weighted by Crippen LogP contribution is -2.31. The highest BCUT2D eigenvalue weighted by atomic mass is 32.2. The van der Waals surface area contributed by atoms with Gasteiger partial charge in [0, 0.05) is 19.3 Å². The van der Waals surface area contributed by atoms with Gasteiger partial charge in [-0.25, -0.2) is 8.42 Å². The second kappa shape index (κ2) is 4.79. The Morgan fingerprint density at radius 1 is 1.50 bits per heavy atom. The van der Waals surface area contributed by atoms with Crippen molar-refractivity contribution >= 4 is 9.84 Å². The van der Waals surface area contributed by atoms with E-state index in [-0.39, 0.29) is 5.75 Å². The minimum atomic E-state index is -2.88. The SMILES string of the molecule is C[C@H](O)CN(C)CCS(C)(=O)=O. The summed E-state index contributed by atoms with van der Waals surface area (Å²) in [6.45, 7) is 2.66. The van der Waals surface area contributed by atoms with Crippen molar-refractivity contribution < 1.29 is 13.5 Å². The maximum Gasteiger partial charge on any atom is 0.148 e. The first kappa shape index (κ1) is 11.9. The van der Waals surface area contributed by atoms with E-state index in [4.69, 9.17) is 5.11 Å². The summed E-state index contributed by atoms with van der Waals surface area (Å²) < 4.78 is 21.5. The fourth-order valence-corrected chi connectivity index (χ4v) is 1.51. The fraction of sp³-hybridized carbons (Fsp3) is 1.00. The summed E-state index contributed by atoms with van der Waals surface area (Å²) >= 11 is 0. The molecule has 4 nitrogen and oxygen atoms in total. The third-order valence-corrected chi connectivity index (χ3v) is 2.34. The highest BCUT2D eigenvalue weighted by molar-refractivity contribution is 7.90. The van der Waals surface area contributed by atoms with Crippen LogP contribution >= 0.6 is 0 Å². The molecule has 0 fully saturated rings. The van der Waals surface area contributed by atoms with Crippen molar-refractivity contribution in [2.75, 3.05) is 32.1 Å². The molecule has 0 spiro atoms. The Morgan fingerprint density at radius 3 is 2.33 bits per heavy atom. The van der Waals surface area contributed by atoms with E-state index in [9.17, 15) is 8.42 Å². The smallest absolute Gasteiger partial charge is 0.148 e. The molecule has 0 heterocycles. The van der Waals surface area contributed by atoms with Crippen LogP contribution in [0.2, 0.25) is 0 Å². The molecule has 0 bridgehead atoms. The third-order valence-electron chi connectivity index (χ3n) is 1.42. The first-order valence-electron chi connectivity index (χ1n) is 3.85. The van der Waals surface area contributed by atoms with Crippen molar-refractivity contribution in [1.82, 2.24) is 4.90 Å². The van der Waals surface area contributed by atoms with Crippen molar-refractivity contribution in [1.29, 1.82) is 0 Å². The molecule has 0 aromatic rings. The Morgan fingerprint density at radius 2 is 2.00 bits per heavy atom. The van der Waals surface area contributed by atoms with Crippen molar-refractivity contribution in [2.24, 2.45) is 0 Å². The molecular weight excluding hydrogens is 178 g/mol. The molecule has 1 N–H and O–H groups in total. The molecule has 0 aliphatic carbocycles. The van der Waals surface area contributed by atoms with Gasteiger partial charge in [-0.05, 0) is 14.0 Å². The normalized spacial score (nSPS) is 15.1. The van der Waals surface area contributed by atoms with Crippen LogP contribution in [0.4, 0.5) is 0 Å². The lowest BCUT2D eigenvalue weighted by molar-refractivity contribution is 0.145. The van der Waals surface area contributed by atoms with Gasteiger partial charge in [0.2, 0.25) is 0 Å². The summed E-state index contributed by atoms with van der Waals surface area (Å²) in [5, 5.41) is 8.96. The molecule has 1 atom stereocenters. The zero-order valence-corrected chi connectivity index (χ0v) is 8.63. The molecule has 0 unspecified atom stereocenters. The number of aliphatic hydroxyl groups excluding tert-OH is 1. The minimum Gasteiger partial charge on any atom is -0.392 e. The first-order valence-corrected chi connectivity index (χ1v) is 5.91. The number of nitrogens with zero attached hydrogens (tertiary/aromatic N) is 1. The highest BCUT2D eigenvalue weighted by Gasteiger charge is 2.06. The highest BCUT2D eigenvalue weighted by Crippen LogP contribution is 1.90. The van der Waals surface area contributed by atoms with Crippen molar-refractivity contribution in [3.8, 4) is 0 Å². The number of likely N-dealkylation sites (N-methyl/N-ethyl adjacent to an activating group) is 1. The van der Waals surface area contributed by atoms with E-state index in [0.717, 1.165) is 0 Å². The Labute approximate surface area is 74.1 Å². The average molecular weight is 195 g/mol. The molecule has 0 aliphatic rings. The molecule has 0 aliphatic heterocycles. The van der Waals surface area contributed by atoms with E-state index in [0.29, 0.717) is 13.1 Å². The second-order valence-corrected chi connectivity index (χ2v) is 5.50. The largest absolute Gasteiger partial charge is 0.392 e. The molecule has 12 heavy (non-hydrogen) atoms. The molecule has 0 aromatic heterocycles. The number of aliphatic hydroxyl groups is 1. The topological polar surface area (TPSA) is 57.6 Å². The molecule has 0 aromatic carbocycles. The van der Waals surface area contributed by atoms with Gasteiger partial charge >= 0.3 is 0 Å².